The molecule has 3 rings (SSSR count). The lowest BCUT2D eigenvalue weighted by molar-refractivity contribution is 0.844. The Balaban J connectivity index is 1.84. The quantitative estimate of drug-likeness (QED) is 0.704. The van der Waals surface area contributed by atoms with Gasteiger partial charge in [0.15, 0.2) is 5.82 Å². The van der Waals surface area contributed by atoms with E-state index in [2.05, 4.69) is 20.4 Å². The number of rotatable bonds is 4. The zero-order valence-corrected chi connectivity index (χ0v) is 10.8. The number of nitrogens with one attached hydrogen (secondary N) is 1. The van der Waals surface area contributed by atoms with Crippen LogP contribution in [0.1, 0.15) is 5.56 Å². The van der Waals surface area contributed by atoms with Crippen molar-refractivity contribution in [2.24, 2.45) is 0 Å². The second-order valence-corrected chi connectivity index (χ2v) is 4.27. The molecule has 3 aromatic rings. The summed E-state index contributed by atoms with van der Waals surface area (Å²) in [7, 11) is 0. The second-order valence-electron chi connectivity index (χ2n) is 4.27. The molecule has 0 bridgehead atoms. The molecule has 6 nitrogen and oxygen atoms in total. The van der Waals surface area contributed by atoms with E-state index in [0.717, 1.165) is 16.9 Å². The van der Waals surface area contributed by atoms with Crippen LogP contribution in [0.4, 0.5) is 11.4 Å². The van der Waals surface area contributed by atoms with Gasteiger partial charge < -0.3 is 11.1 Å². The average molecular weight is 266 g/mol. The summed E-state index contributed by atoms with van der Waals surface area (Å²) in [6, 6.07) is 11.6. The fourth-order valence-corrected chi connectivity index (χ4v) is 1.92. The molecule has 20 heavy (non-hydrogen) atoms. The van der Waals surface area contributed by atoms with Crippen LogP contribution in [-0.4, -0.2) is 19.7 Å². The molecule has 0 saturated heterocycles. The van der Waals surface area contributed by atoms with Gasteiger partial charge in [-0.15, -0.1) is 0 Å². The summed E-state index contributed by atoms with van der Waals surface area (Å²) in [5.74, 6) is 0.708. The van der Waals surface area contributed by atoms with Gasteiger partial charge in [0, 0.05) is 18.4 Å². The third kappa shape index (κ3) is 2.44. The molecular weight excluding hydrogens is 252 g/mol. The lowest BCUT2D eigenvalue weighted by atomic mass is 10.2. The van der Waals surface area contributed by atoms with Crippen molar-refractivity contribution in [1.29, 1.82) is 0 Å². The van der Waals surface area contributed by atoms with Crippen LogP contribution in [0.5, 0.6) is 0 Å². The molecule has 100 valence electrons. The molecule has 0 unspecified atom stereocenters. The van der Waals surface area contributed by atoms with Gasteiger partial charge in [0.1, 0.15) is 12.7 Å². The Kier molecular flexibility index (Phi) is 3.28. The van der Waals surface area contributed by atoms with Crippen LogP contribution in [0.15, 0.2) is 55.2 Å². The summed E-state index contributed by atoms with van der Waals surface area (Å²) in [5.41, 5.74) is 8.62. The highest BCUT2D eigenvalue weighted by Crippen LogP contribution is 2.18. The number of benzene rings is 1. The van der Waals surface area contributed by atoms with E-state index in [1.54, 1.807) is 17.2 Å². The normalized spacial score (nSPS) is 10.4. The minimum atomic E-state index is 0.625. The van der Waals surface area contributed by atoms with E-state index in [-0.39, 0.29) is 0 Å². The molecule has 0 saturated carbocycles. The zero-order chi connectivity index (χ0) is 13.8. The fraction of sp³-hybridized carbons (Fsp3) is 0.0714. The first-order valence-corrected chi connectivity index (χ1v) is 6.22. The van der Waals surface area contributed by atoms with Crippen molar-refractivity contribution < 1.29 is 0 Å². The number of hydrogen-bond acceptors (Lipinski definition) is 5. The van der Waals surface area contributed by atoms with Gasteiger partial charge in [-0.2, -0.15) is 5.10 Å². The molecule has 0 amide bonds. The minimum Gasteiger partial charge on any atom is -0.398 e. The first-order valence-electron chi connectivity index (χ1n) is 6.22. The van der Waals surface area contributed by atoms with Gasteiger partial charge >= 0.3 is 0 Å². The average Bonchev–Trinajstić information content (AvgIpc) is 3.01. The predicted molar refractivity (Wildman–Crippen MR) is 77.3 cm³/mol. The van der Waals surface area contributed by atoms with E-state index in [1.165, 1.54) is 6.33 Å². The monoisotopic (exact) mass is 266 g/mol. The molecular formula is C14H14N6. The van der Waals surface area contributed by atoms with Crippen LogP contribution in [0, 0.1) is 0 Å². The molecule has 3 N–H and O–H groups in total. The van der Waals surface area contributed by atoms with Crippen LogP contribution in [-0.2, 0) is 6.54 Å². The Morgan fingerprint density at radius 2 is 2.05 bits per heavy atom. The van der Waals surface area contributed by atoms with Crippen molar-refractivity contribution in [3.63, 3.8) is 0 Å². The smallest absolute Gasteiger partial charge is 0.178 e. The number of nitrogens with two attached hydrogens (primary N) is 1. The van der Waals surface area contributed by atoms with E-state index < -0.39 is 0 Å². The fourth-order valence-electron chi connectivity index (χ4n) is 1.92. The molecule has 0 aliphatic heterocycles. The topological polar surface area (TPSA) is 81.6 Å². The second kappa shape index (κ2) is 5.40. The van der Waals surface area contributed by atoms with Crippen molar-refractivity contribution in [2.75, 3.05) is 11.1 Å². The van der Waals surface area contributed by atoms with Gasteiger partial charge in [0.05, 0.1) is 5.69 Å². The Bertz CT molecular complexity index is 692. The molecule has 0 spiro atoms. The van der Waals surface area contributed by atoms with E-state index in [1.807, 2.05) is 36.4 Å². The van der Waals surface area contributed by atoms with Crippen molar-refractivity contribution in [1.82, 2.24) is 19.7 Å². The Morgan fingerprint density at radius 1 is 1.15 bits per heavy atom. The van der Waals surface area contributed by atoms with Crippen LogP contribution in [0.25, 0.3) is 5.82 Å². The maximum Gasteiger partial charge on any atom is 0.178 e. The Morgan fingerprint density at radius 3 is 2.85 bits per heavy atom. The van der Waals surface area contributed by atoms with E-state index in [4.69, 9.17) is 5.73 Å². The first-order chi connectivity index (χ1) is 9.84. The van der Waals surface area contributed by atoms with Crippen LogP contribution in [0.2, 0.25) is 0 Å². The first kappa shape index (κ1) is 12.2. The largest absolute Gasteiger partial charge is 0.398 e. The minimum absolute atomic E-state index is 0.625. The standard InChI is InChI=1S/C14H14N6/c15-12-5-2-1-4-11(12)8-18-13-6-3-7-17-14(13)20-10-16-9-19-20/h1-7,9-10,18H,8,15H2. The van der Waals surface area contributed by atoms with Gasteiger partial charge in [0.2, 0.25) is 0 Å². The number of nitrogen functional groups attached to an aromatic ring is 1. The SMILES string of the molecule is Nc1ccccc1CNc1cccnc1-n1cncn1. The Hall–Kier alpha value is -2.89. The van der Waals surface area contributed by atoms with Gasteiger partial charge in [0.25, 0.3) is 0 Å². The van der Waals surface area contributed by atoms with Crippen molar-refractivity contribution in [2.45, 2.75) is 6.54 Å². The molecule has 0 atom stereocenters. The predicted octanol–water partition coefficient (Wildman–Crippen LogP) is 1.86. The number of anilines is 2. The van der Waals surface area contributed by atoms with Crippen molar-refractivity contribution in [3.05, 3.63) is 60.8 Å². The molecule has 6 heteroatoms. The van der Waals surface area contributed by atoms with Crippen LogP contribution >= 0.6 is 0 Å². The van der Waals surface area contributed by atoms with E-state index in [0.29, 0.717) is 12.4 Å². The van der Waals surface area contributed by atoms with Crippen LogP contribution in [0.3, 0.4) is 0 Å². The number of hydrogen-bond donors (Lipinski definition) is 2. The van der Waals surface area contributed by atoms with Crippen molar-refractivity contribution in [3.8, 4) is 5.82 Å². The maximum absolute atomic E-state index is 5.93. The van der Waals surface area contributed by atoms with Gasteiger partial charge in [-0.05, 0) is 23.8 Å². The van der Waals surface area contributed by atoms with E-state index in [9.17, 15) is 0 Å². The van der Waals surface area contributed by atoms with Crippen LogP contribution < -0.4 is 11.1 Å². The molecule has 2 aromatic heterocycles. The molecule has 0 aliphatic rings. The molecule has 0 fully saturated rings. The van der Waals surface area contributed by atoms with Gasteiger partial charge in [-0.3, -0.25) is 0 Å². The van der Waals surface area contributed by atoms with Gasteiger partial charge in [-0.25, -0.2) is 14.6 Å². The Labute approximate surface area is 116 Å². The molecule has 1 aromatic carbocycles. The number of aromatic nitrogens is 4. The third-order valence-electron chi connectivity index (χ3n) is 2.95. The summed E-state index contributed by atoms with van der Waals surface area (Å²) in [4.78, 5) is 8.26. The third-order valence-corrected chi connectivity index (χ3v) is 2.95. The summed E-state index contributed by atoms with van der Waals surface area (Å²) in [6.07, 6.45) is 4.82. The summed E-state index contributed by atoms with van der Waals surface area (Å²) >= 11 is 0. The zero-order valence-electron chi connectivity index (χ0n) is 10.8. The molecule has 0 radical (unpaired) electrons. The number of pyridine rings is 1. The van der Waals surface area contributed by atoms with Gasteiger partial charge in [-0.1, -0.05) is 18.2 Å². The maximum atomic E-state index is 5.93. The van der Waals surface area contributed by atoms with Crippen molar-refractivity contribution >= 4 is 11.4 Å². The molecule has 0 aliphatic carbocycles. The highest BCUT2D eigenvalue weighted by Gasteiger charge is 2.06. The lowest BCUT2D eigenvalue weighted by Gasteiger charge is -2.11. The molecule has 2 heterocycles. The number of para-hydroxylation sites is 1. The van der Waals surface area contributed by atoms with E-state index >= 15 is 0 Å². The highest BCUT2D eigenvalue weighted by molar-refractivity contribution is 5.57. The summed E-state index contributed by atoms with van der Waals surface area (Å²) < 4.78 is 1.62. The highest BCUT2D eigenvalue weighted by atomic mass is 15.3. The lowest BCUT2D eigenvalue weighted by Crippen LogP contribution is -2.07. The number of nitrogens with zero attached hydrogens (tertiary/aromatic N) is 4. The summed E-state index contributed by atoms with van der Waals surface area (Å²) in [6.45, 7) is 0.625. The summed E-state index contributed by atoms with van der Waals surface area (Å²) in [5, 5.41) is 7.43.